The second-order valence-corrected chi connectivity index (χ2v) is 8.12. The lowest BCUT2D eigenvalue weighted by molar-refractivity contribution is 0.422. The van der Waals surface area contributed by atoms with Gasteiger partial charge in [0.15, 0.2) is 0 Å². The molecule has 1 unspecified atom stereocenters. The minimum absolute atomic E-state index is 0.216. The maximum atomic E-state index is 4.36. The van der Waals surface area contributed by atoms with E-state index in [4.69, 9.17) is 0 Å². The Morgan fingerprint density at radius 2 is 2.17 bits per heavy atom. The average Bonchev–Trinajstić information content (AvgIpc) is 2.93. The molecule has 1 fully saturated rings. The lowest BCUT2D eigenvalue weighted by Crippen LogP contribution is -2.36. The molecule has 0 radical (unpaired) electrons. The van der Waals surface area contributed by atoms with Crippen LogP contribution in [-0.2, 0) is 6.42 Å². The fourth-order valence-electron chi connectivity index (χ4n) is 1.96. The molecular formula is C13H23N3S2. The van der Waals surface area contributed by atoms with Gasteiger partial charge < -0.3 is 5.32 Å². The highest BCUT2D eigenvalue weighted by Crippen LogP contribution is 2.33. The van der Waals surface area contributed by atoms with Crippen molar-refractivity contribution < 1.29 is 0 Å². The molecule has 18 heavy (non-hydrogen) atoms. The van der Waals surface area contributed by atoms with Crippen LogP contribution in [0.15, 0.2) is 0 Å². The third-order valence-corrected chi connectivity index (χ3v) is 5.29. The first-order valence-corrected chi connectivity index (χ1v) is 8.67. The van der Waals surface area contributed by atoms with Gasteiger partial charge in [0.2, 0.25) is 0 Å². The Balaban J connectivity index is 1.73. The first kappa shape index (κ1) is 14.3. The minimum atomic E-state index is 0.216. The molecule has 1 aliphatic heterocycles. The van der Waals surface area contributed by atoms with E-state index in [0.717, 1.165) is 19.4 Å². The average molecular weight is 285 g/mol. The smallest absolute Gasteiger partial charge is 0.121 e. The summed E-state index contributed by atoms with van der Waals surface area (Å²) in [4.78, 5) is 0. The van der Waals surface area contributed by atoms with Crippen molar-refractivity contribution in [3.8, 4) is 0 Å². The van der Waals surface area contributed by atoms with E-state index < -0.39 is 0 Å². The van der Waals surface area contributed by atoms with Gasteiger partial charge in [-0.05, 0) is 45.9 Å². The summed E-state index contributed by atoms with van der Waals surface area (Å²) in [6.07, 6.45) is 3.48. The monoisotopic (exact) mass is 285 g/mol. The van der Waals surface area contributed by atoms with Gasteiger partial charge in [-0.3, -0.25) is 0 Å². The molecule has 1 aromatic heterocycles. The van der Waals surface area contributed by atoms with Crippen molar-refractivity contribution in [1.82, 2.24) is 15.5 Å². The number of rotatable bonds is 5. The molecule has 2 rings (SSSR count). The molecule has 0 aliphatic carbocycles. The highest BCUT2D eigenvalue weighted by Gasteiger charge is 2.21. The van der Waals surface area contributed by atoms with Crippen LogP contribution in [0.1, 0.15) is 49.5 Å². The lowest BCUT2D eigenvalue weighted by atomic mass is 10.1. The predicted octanol–water partition coefficient (Wildman–Crippen LogP) is 3.08. The molecule has 1 N–H and O–H groups in total. The Hall–Kier alpha value is -0.130. The maximum Gasteiger partial charge on any atom is 0.121 e. The standard InChI is InChI=1S/C13H23N3S2/c1-13(2,3)14-7-4-5-11-15-16-12(18-11)10-6-8-17-9-10/h10,14H,4-9H2,1-3H3. The predicted molar refractivity (Wildman–Crippen MR) is 80.7 cm³/mol. The first-order chi connectivity index (χ1) is 8.54. The minimum Gasteiger partial charge on any atom is -0.312 e. The molecular weight excluding hydrogens is 262 g/mol. The molecule has 1 aromatic rings. The van der Waals surface area contributed by atoms with Gasteiger partial charge in [-0.25, -0.2) is 0 Å². The zero-order chi connectivity index (χ0) is 13.0. The highest BCUT2D eigenvalue weighted by molar-refractivity contribution is 7.99. The molecule has 0 saturated carbocycles. The third kappa shape index (κ3) is 4.52. The molecule has 102 valence electrons. The molecule has 0 spiro atoms. The van der Waals surface area contributed by atoms with Crippen molar-refractivity contribution in [2.75, 3.05) is 18.1 Å². The first-order valence-electron chi connectivity index (χ1n) is 6.70. The van der Waals surface area contributed by atoms with Crippen molar-refractivity contribution in [2.45, 2.75) is 51.5 Å². The summed E-state index contributed by atoms with van der Waals surface area (Å²) in [6.45, 7) is 7.66. The van der Waals surface area contributed by atoms with E-state index in [1.54, 1.807) is 0 Å². The van der Waals surface area contributed by atoms with Crippen LogP contribution in [-0.4, -0.2) is 33.8 Å². The topological polar surface area (TPSA) is 37.8 Å². The quantitative estimate of drug-likeness (QED) is 0.844. The summed E-state index contributed by atoms with van der Waals surface area (Å²) >= 11 is 3.86. The fraction of sp³-hybridized carbons (Fsp3) is 0.846. The van der Waals surface area contributed by atoms with Gasteiger partial charge in [-0.15, -0.1) is 21.5 Å². The van der Waals surface area contributed by atoms with Gasteiger partial charge >= 0.3 is 0 Å². The zero-order valence-electron chi connectivity index (χ0n) is 11.5. The van der Waals surface area contributed by atoms with Crippen molar-refractivity contribution >= 4 is 23.1 Å². The van der Waals surface area contributed by atoms with E-state index in [2.05, 4.69) is 36.3 Å². The number of aromatic nitrogens is 2. The number of hydrogen-bond acceptors (Lipinski definition) is 5. The van der Waals surface area contributed by atoms with Crippen LogP contribution in [0.3, 0.4) is 0 Å². The molecule has 0 bridgehead atoms. The molecule has 1 aliphatic rings. The highest BCUT2D eigenvalue weighted by atomic mass is 32.2. The second kappa shape index (κ2) is 6.35. The maximum absolute atomic E-state index is 4.36. The summed E-state index contributed by atoms with van der Waals surface area (Å²) in [5.74, 6) is 3.20. The van der Waals surface area contributed by atoms with Crippen LogP contribution in [0.4, 0.5) is 0 Å². The molecule has 5 heteroatoms. The number of nitrogens with one attached hydrogen (secondary N) is 1. The SMILES string of the molecule is CC(C)(C)NCCCc1nnc(C2CCSC2)s1. The molecule has 1 saturated heterocycles. The zero-order valence-corrected chi connectivity index (χ0v) is 13.2. The van der Waals surface area contributed by atoms with Gasteiger partial charge in [0.05, 0.1) is 0 Å². The molecule has 3 nitrogen and oxygen atoms in total. The Bertz CT molecular complexity index is 365. The number of nitrogens with zero attached hydrogens (tertiary/aromatic N) is 2. The normalized spacial score (nSPS) is 20.5. The Morgan fingerprint density at radius 3 is 2.83 bits per heavy atom. The van der Waals surface area contributed by atoms with E-state index >= 15 is 0 Å². The summed E-state index contributed by atoms with van der Waals surface area (Å²) in [7, 11) is 0. The van der Waals surface area contributed by atoms with E-state index in [1.807, 2.05) is 23.1 Å². The van der Waals surface area contributed by atoms with Gasteiger partial charge in [0.25, 0.3) is 0 Å². The summed E-state index contributed by atoms with van der Waals surface area (Å²) in [6, 6.07) is 0. The fourth-order valence-corrected chi connectivity index (χ4v) is 4.32. The van der Waals surface area contributed by atoms with Crippen LogP contribution in [0.25, 0.3) is 0 Å². The largest absolute Gasteiger partial charge is 0.312 e. The number of thioether (sulfide) groups is 1. The number of aryl methyl sites for hydroxylation is 1. The van der Waals surface area contributed by atoms with Crippen molar-refractivity contribution in [3.05, 3.63) is 10.0 Å². The van der Waals surface area contributed by atoms with E-state index in [0.29, 0.717) is 5.92 Å². The Labute approximate surface area is 118 Å². The van der Waals surface area contributed by atoms with Gasteiger partial charge in [0.1, 0.15) is 10.0 Å². The van der Waals surface area contributed by atoms with E-state index in [-0.39, 0.29) is 5.54 Å². The Kier molecular flexibility index (Phi) is 5.04. The van der Waals surface area contributed by atoms with Crippen molar-refractivity contribution in [1.29, 1.82) is 0 Å². The van der Waals surface area contributed by atoms with Gasteiger partial charge in [-0.2, -0.15) is 11.8 Å². The van der Waals surface area contributed by atoms with E-state index in [1.165, 1.54) is 27.9 Å². The number of hydrogen-bond donors (Lipinski definition) is 1. The van der Waals surface area contributed by atoms with Gasteiger partial charge in [0, 0.05) is 23.6 Å². The molecule has 2 heterocycles. The Morgan fingerprint density at radius 1 is 1.33 bits per heavy atom. The van der Waals surface area contributed by atoms with Crippen LogP contribution in [0.2, 0.25) is 0 Å². The van der Waals surface area contributed by atoms with E-state index in [9.17, 15) is 0 Å². The summed E-state index contributed by atoms with van der Waals surface area (Å²) in [5, 5.41) is 14.7. The summed E-state index contributed by atoms with van der Waals surface area (Å²) < 4.78 is 0. The van der Waals surface area contributed by atoms with Gasteiger partial charge in [-0.1, -0.05) is 0 Å². The van der Waals surface area contributed by atoms with Crippen LogP contribution in [0, 0.1) is 0 Å². The third-order valence-electron chi connectivity index (χ3n) is 2.98. The van der Waals surface area contributed by atoms with Crippen LogP contribution >= 0.6 is 23.1 Å². The molecule has 0 amide bonds. The lowest BCUT2D eigenvalue weighted by Gasteiger charge is -2.20. The second-order valence-electron chi connectivity index (χ2n) is 5.87. The van der Waals surface area contributed by atoms with Crippen LogP contribution in [0.5, 0.6) is 0 Å². The van der Waals surface area contributed by atoms with Crippen molar-refractivity contribution in [3.63, 3.8) is 0 Å². The molecule has 1 atom stereocenters. The molecule has 0 aromatic carbocycles. The summed E-state index contributed by atoms with van der Waals surface area (Å²) in [5.41, 5.74) is 0.216. The van der Waals surface area contributed by atoms with Crippen molar-refractivity contribution in [2.24, 2.45) is 0 Å². The van der Waals surface area contributed by atoms with Crippen LogP contribution < -0.4 is 5.32 Å².